The molecule has 1 aliphatic rings. The van der Waals surface area contributed by atoms with Crippen molar-refractivity contribution in [2.45, 2.75) is 19.3 Å². The monoisotopic (exact) mass is 286 g/mol. The molecular formula is C14H18N6O. The van der Waals surface area contributed by atoms with Crippen molar-refractivity contribution in [2.75, 3.05) is 30.3 Å². The Morgan fingerprint density at radius 2 is 2.00 bits per heavy atom. The highest BCUT2D eigenvalue weighted by molar-refractivity contribution is 5.36. The van der Waals surface area contributed by atoms with Gasteiger partial charge < -0.3 is 15.4 Å². The Bertz CT molecular complexity index is 585. The fourth-order valence-corrected chi connectivity index (χ4v) is 2.28. The minimum atomic E-state index is 0.194. The molecular weight excluding hydrogens is 268 g/mol. The maximum atomic E-state index is 5.73. The van der Waals surface area contributed by atoms with Crippen molar-refractivity contribution < 1.29 is 4.74 Å². The second-order valence-electron chi connectivity index (χ2n) is 4.89. The molecule has 1 aliphatic heterocycles. The van der Waals surface area contributed by atoms with Crippen molar-refractivity contribution in [3.63, 3.8) is 0 Å². The third-order valence-electron chi connectivity index (χ3n) is 3.32. The van der Waals surface area contributed by atoms with Gasteiger partial charge in [-0.25, -0.2) is 0 Å². The van der Waals surface area contributed by atoms with Crippen LogP contribution in [-0.2, 0) is 6.42 Å². The topological polar surface area (TPSA) is 90.0 Å². The van der Waals surface area contributed by atoms with Gasteiger partial charge >= 0.3 is 6.01 Å². The van der Waals surface area contributed by atoms with Crippen LogP contribution in [-0.4, -0.2) is 39.6 Å². The highest BCUT2D eigenvalue weighted by Gasteiger charge is 2.17. The Labute approximate surface area is 123 Å². The molecule has 0 radical (unpaired) electrons. The van der Waals surface area contributed by atoms with E-state index in [4.69, 9.17) is 10.5 Å². The lowest BCUT2D eigenvalue weighted by atomic mass is 10.3. The second kappa shape index (κ2) is 6.34. The molecule has 1 saturated heterocycles. The summed E-state index contributed by atoms with van der Waals surface area (Å²) in [6, 6.07) is 6.08. The second-order valence-corrected chi connectivity index (χ2v) is 4.89. The molecule has 21 heavy (non-hydrogen) atoms. The summed E-state index contributed by atoms with van der Waals surface area (Å²) < 4.78 is 5.58. The number of nitrogens with zero attached hydrogens (tertiary/aromatic N) is 5. The minimum absolute atomic E-state index is 0.194. The summed E-state index contributed by atoms with van der Waals surface area (Å²) in [5.74, 6) is 0.799. The summed E-state index contributed by atoms with van der Waals surface area (Å²) in [7, 11) is 0. The normalized spacial score (nSPS) is 14.4. The molecule has 110 valence electrons. The van der Waals surface area contributed by atoms with Crippen LogP contribution in [0.15, 0.2) is 24.4 Å². The van der Waals surface area contributed by atoms with Crippen molar-refractivity contribution in [1.29, 1.82) is 0 Å². The van der Waals surface area contributed by atoms with Crippen LogP contribution in [0.2, 0.25) is 0 Å². The molecule has 3 rings (SSSR count). The van der Waals surface area contributed by atoms with Gasteiger partial charge in [0, 0.05) is 31.4 Å². The van der Waals surface area contributed by atoms with E-state index >= 15 is 0 Å². The highest BCUT2D eigenvalue weighted by Crippen LogP contribution is 2.18. The zero-order valence-corrected chi connectivity index (χ0v) is 11.8. The van der Waals surface area contributed by atoms with E-state index in [1.807, 2.05) is 18.2 Å². The van der Waals surface area contributed by atoms with Crippen LogP contribution in [0.3, 0.4) is 0 Å². The molecule has 0 aromatic carbocycles. The van der Waals surface area contributed by atoms with E-state index in [2.05, 4.69) is 24.8 Å². The fraction of sp³-hybridized carbons (Fsp3) is 0.429. The summed E-state index contributed by atoms with van der Waals surface area (Å²) >= 11 is 0. The molecule has 2 N–H and O–H groups in total. The van der Waals surface area contributed by atoms with Crippen molar-refractivity contribution in [1.82, 2.24) is 19.9 Å². The average Bonchev–Trinajstić information content (AvgIpc) is 3.02. The first-order valence-corrected chi connectivity index (χ1v) is 7.10. The van der Waals surface area contributed by atoms with Crippen LogP contribution in [0, 0.1) is 0 Å². The van der Waals surface area contributed by atoms with Gasteiger partial charge in [-0.3, -0.25) is 4.98 Å². The quantitative estimate of drug-likeness (QED) is 0.879. The number of aromatic nitrogens is 4. The Hall–Kier alpha value is -2.44. The van der Waals surface area contributed by atoms with E-state index in [-0.39, 0.29) is 12.0 Å². The molecule has 0 aliphatic carbocycles. The summed E-state index contributed by atoms with van der Waals surface area (Å²) in [5, 5.41) is 0. The van der Waals surface area contributed by atoms with Crippen molar-refractivity contribution in [2.24, 2.45) is 0 Å². The molecule has 7 heteroatoms. The van der Waals surface area contributed by atoms with Gasteiger partial charge in [-0.1, -0.05) is 6.07 Å². The maximum absolute atomic E-state index is 5.73. The van der Waals surface area contributed by atoms with Gasteiger partial charge in [0.1, 0.15) is 0 Å². The first-order chi connectivity index (χ1) is 10.3. The molecule has 0 bridgehead atoms. The molecule has 0 atom stereocenters. The van der Waals surface area contributed by atoms with Gasteiger partial charge in [-0.05, 0) is 25.0 Å². The van der Waals surface area contributed by atoms with Gasteiger partial charge in [0.25, 0.3) is 0 Å². The SMILES string of the molecule is Nc1nc(OCCc2ccccn2)nc(N2CCCC2)n1. The van der Waals surface area contributed by atoms with Crippen molar-refractivity contribution in [3.05, 3.63) is 30.1 Å². The molecule has 0 amide bonds. The number of pyridine rings is 1. The van der Waals surface area contributed by atoms with Crippen LogP contribution < -0.4 is 15.4 Å². The van der Waals surface area contributed by atoms with Gasteiger partial charge in [0.15, 0.2) is 0 Å². The van der Waals surface area contributed by atoms with Crippen LogP contribution in [0.4, 0.5) is 11.9 Å². The number of nitrogen functional groups attached to an aromatic ring is 1. The number of hydrogen-bond donors (Lipinski definition) is 1. The Balaban J connectivity index is 1.62. The predicted octanol–water partition coefficient (Wildman–Crippen LogP) is 1.07. The molecule has 2 aromatic rings. The highest BCUT2D eigenvalue weighted by atomic mass is 16.5. The van der Waals surface area contributed by atoms with E-state index in [9.17, 15) is 0 Å². The lowest BCUT2D eigenvalue weighted by Gasteiger charge is -2.15. The van der Waals surface area contributed by atoms with Crippen LogP contribution >= 0.6 is 0 Å². The Kier molecular flexibility index (Phi) is 4.09. The minimum Gasteiger partial charge on any atom is -0.463 e. The smallest absolute Gasteiger partial charge is 0.323 e. The molecule has 0 unspecified atom stereocenters. The summed E-state index contributed by atoms with van der Waals surface area (Å²) in [5.41, 5.74) is 6.70. The number of hydrogen-bond acceptors (Lipinski definition) is 7. The molecule has 2 aromatic heterocycles. The summed E-state index contributed by atoms with van der Waals surface area (Å²) in [6.45, 7) is 2.37. The summed E-state index contributed by atoms with van der Waals surface area (Å²) in [6.07, 6.45) is 4.77. The third kappa shape index (κ3) is 3.56. The van der Waals surface area contributed by atoms with E-state index in [1.54, 1.807) is 6.20 Å². The summed E-state index contributed by atoms with van der Waals surface area (Å²) in [4.78, 5) is 18.9. The number of ether oxygens (including phenoxy) is 1. The maximum Gasteiger partial charge on any atom is 0.323 e. The lowest BCUT2D eigenvalue weighted by molar-refractivity contribution is 0.295. The van der Waals surface area contributed by atoms with E-state index in [0.717, 1.165) is 31.6 Å². The fourth-order valence-electron chi connectivity index (χ4n) is 2.28. The van der Waals surface area contributed by atoms with Crippen LogP contribution in [0.1, 0.15) is 18.5 Å². The average molecular weight is 286 g/mol. The number of nitrogens with two attached hydrogens (primary N) is 1. The van der Waals surface area contributed by atoms with Gasteiger partial charge in [0.05, 0.1) is 6.61 Å². The first kappa shape index (κ1) is 13.5. The number of anilines is 2. The number of rotatable bonds is 5. The van der Waals surface area contributed by atoms with E-state index in [1.165, 1.54) is 0 Å². The lowest BCUT2D eigenvalue weighted by Crippen LogP contribution is -2.22. The molecule has 7 nitrogen and oxygen atoms in total. The molecule has 0 saturated carbocycles. The van der Waals surface area contributed by atoms with Crippen LogP contribution in [0.25, 0.3) is 0 Å². The van der Waals surface area contributed by atoms with Gasteiger partial charge in [-0.2, -0.15) is 15.0 Å². The Morgan fingerprint density at radius 1 is 1.14 bits per heavy atom. The molecule has 3 heterocycles. The first-order valence-electron chi connectivity index (χ1n) is 7.10. The van der Waals surface area contributed by atoms with Crippen molar-refractivity contribution in [3.8, 4) is 6.01 Å². The zero-order chi connectivity index (χ0) is 14.5. The molecule has 1 fully saturated rings. The van der Waals surface area contributed by atoms with Gasteiger partial charge in [0.2, 0.25) is 11.9 Å². The standard InChI is InChI=1S/C14H18N6O/c15-12-17-13(20-8-3-4-9-20)19-14(18-12)21-10-6-11-5-1-2-7-16-11/h1-2,5,7H,3-4,6,8-10H2,(H2,15,17,18,19). The van der Waals surface area contributed by atoms with E-state index in [0.29, 0.717) is 19.0 Å². The predicted molar refractivity (Wildman–Crippen MR) is 79.1 cm³/mol. The largest absolute Gasteiger partial charge is 0.463 e. The van der Waals surface area contributed by atoms with Crippen LogP contribution in [0.5, 0.6) is 6.01 Å². The van der Waals surface area contributed by atoms with E-state index < -0.39 is 0 Å². The third-order valence-corrected chi connectivity index (χ3v) is 3.32. The van der Waals surface area contributed by atoms with Gasteiger partial charge in [-0.15, -0.1) is 0 Å². The molecule has 0 spiro atoms. The Morgan fingerprint density at radius 3 is 2.76 bits per heavy atom. The zero-order valence-electron chi connectivity index (χ0n) is 11.8. The van der Waals surface area contributed by atoms with Crippen molar-refractivity contribution >= 4 is 11.9 Å².